The van der Waals surface area contributed by atoms with Crippen molar-refractivity contribution in [2.45, 2.75) is 25.4 Å². The van der Waals surface area contributed by atoms with Crippen molar-refractivity contribution >= 4 is 34.3 Å². The lowest BCUT2D eigenvalue weighted by Crippen LogP contribution is -2.48. The molecule has 0 saturated carbocycles. The number of rotatable bonds is 5. The molecule has 1 aromatic carbocycles. The summed E-state index contributed by atoms with van der Waals surface area (Å²) in [5.41, 5.74) is 4.99. The molecule has 170 valence electrons. The number of hydrogen-bond acceptors (Lipinski definition) is 5. The smallest absolute Gasteiger partial charge is 0.328 e. The van der Waals surface area contributed by atoms with E-state index in [4.69, 9.17) is 15.3 Å². The Balaban J connectivity index is 0.000000312. The van der Waals surface area contributed by atoms with Gasteiger partial charge < -0.3 is 25.6 Å². The number of nitrogens with one attached hydrogen (secondary N) is 2. The summed E-state index contributed by atoms with van der Waals surface area (Å²) in [5.74, 6) is -2.72. The Morgan fingerprint density at radius 1 is 1.25 bits per heavy atom. The largest absolute Gasteiger partial charge is 0.478 e. The van der Waals surface area contributed by atoms with Gasteiger partial charge in [-0.15, -0.1) is 0 Å². The number of fused-ring (bicyclic) bond motifs is 2. The summed E-state index contributed by atoms with van der Waals surface area (Å²) in [5, 5.41) is 29.0. The minimum atomic E-state index is -1.26. The number of nitrogens with zero attached hydrogens (tertiary/aromatic N) is 1. The van der Waals surface area contributed by atoms with E-state index in [0.29, 0.717) is 24.7 Å². The van der Waals surface area contributed by atoms with E-state index in [2.05, 4.69) is 52.7 Å². The van der Waals surface area contributed by atoms with E-state index in [9.17, 15) is 14.4 Å². The van der Waals surface area contributed by atoms with Crippen LogP contribution >= 0.6 is 0 Å². The zero-order valence-electron chi connectivity index (χ0n) is 17.9. The third-order valence-electron chi connectivity index (χ3n) is 5.64. The maximum atomic E-state index is 12.5. The van der Waals surface area contributed by atoms with Crippen molar-refractivity contribution in [2.24, 2.45) is 5.92 Å². The van der Waals surface area contributed by atoms with Crippen LogP contribution in [0, 0.1) is 5.92 Å². The van der Waals surface area contributed by atoms with Gasteiger partial charge in [0, 0.05) is 47.9 Å². The zero-order valence-corrected chi connectivity index (χ0v) is 17.9. The number of likely N-dealkylation sites (N-methyl/N-ethyl adjacent to an activating group) is 1. The Labute approximate surface area is 185 Å². The molecule has 9 nitrogen and oxygen atoms in total. The first-order chi connectivity index (χ1) is 15.2. The summed E-state index contributed by atoms with van der Waals surface area (Å²) < 4.78 is 0. The summed E-state index contributed by atoms with van der Waals surface area (Å²) in [4.78, 5) is 37.3. The normalized spacial score (nSPS) is 20.7. The molecule has 2 aliphatic rings. The lowest BCUT2D eigenvalue weighted by atomic mass is 9.80. The van der Waals surface area contributed by atoms with Crippen LogP contribution in [-0.2, 0) is 20.8 Å². The summed E-state index contributed by atoms with van der Waals surface area (Å²) in [6.45, 7) is 2.47. The molecule has 2 aromatic rings. The SMILES string of the molecule is CC(CO)NC(=O)C1C=C2c3cccc4[nH]cc(c34)CC2N(C)C1.O=C(O)/C=C\C(=O)O. The van der Waals surface area contributed by atoms with Gasteiger partial charge in [0.15, 0.2) is 0 Å². The first-order valence-electron chi connectivity index (χ1n) is 10.3. The number of aromatic amines is 1. The highest BCUT2D eigenvalue weighted by Gasteiger charge is 2.35. The van der Waals surface area contributed by atoms with E-state index in [1.54, 1.807) is 0 Å². The van der Waals surface area contributed by atoms with E-state index >= 15 is 0 Å². The van der Waals surface area contributed by atoms with E-state index in [1.807, 2.05) is 6.92 Å². The number of aliphatic carboxylic acids is 2. The maximum absolute atomic E-state index is 12.5. The van der Waals surface area contributed by atoms with Crippen LogP contribution in [-0.4, -0.2) is 75.3 Å². The Bertz CT molecular complexity index is 1070. The van der Waals surface area contributed by atoms with Gasteiger partial charge >= 0.3 is 11.9 Å². The molecule has 5 N–H and O–H groups in total. The number of carboxylic acids is 2. The van der Waals surface area contributed by atoms with Crippen LogP contribution < -0.4 is 5.32 Å². The highest BCUT2D eigenvalue weighted by molar-refractivity contribution is 5.99. The Kier molecular flexibility index (Phi) is 7.12. The lowest BCUT2D eigenvalue weighted by Gasteiger charge is -2.39. The van der Waals surface area contributed by atoms with Crippen molar-refractivity contribution < 1.29 is 29.7 Å². The summed E-state index contributed by atoms with van der Waals surface area (Å²) in [7, 11) is 2.09. The van der Waals surface area contributed by atoms with Crippen molar-refractivity contribution in [3.05, 3.63) is 53.8 Å². The third kappa shape index (κ3) is 5.06. The van der Waals surface area contributed by atoms with Crippen LogP contribution in [0.1, 0.15) is 18.1 Å². The Hall–Kier alpha value is -3.43. The third-order valence-corrected chi connectivity index (χ3v) is 5.64. The number of carbonyl (C=O) groups excluding carboxylic acids is 1. The number of H-pyrrole nitrogens is 1. The highest BCUT2D eigenvalue weighted by atomic mass is 16.4. The topological polar surface area (TPSA) is 143 Å². The van der Waals surface area contributed by atoms with E-state index in [0.717, 1.165) is 11.9 Å². The zero-order chi connectivity index (χ0) is 23.4. The quantitative estimate of drug-likeness (QED) is 0.439. The number of benzene rings is 1. The van der Waals surface area contributed by atoms with E-state index in [1.165, 1.54) is 22.1 Å². The molecule has 1 amide bonds. The fourth-order valence-corrected chi connectivity index (χ4v) is 4.15. The summed E-state index contributed by atoms with van der Waals surface area (Å²) in [6.07, 6.45) is 6.33. The number of aliphatic hydroxyl groups excluding tert-OH is 1. The highest BCUT2D eigenvalue weighted by Crippen LogP contribution is 2.40. The Morgan fingerprint density at radius 3 is 2.56 bits per heavy atom. The maximum Gasteiger partial charge on any atom is 0.328 e. The predicted octanol–water partition coefficient (Wildman–Crippen LogP) is 1.25. The average Bonchev–Trinajstić information content (AvgIpc) is 3.17. The molecule has 0 radical (unpaired) electrons. The molecule has 3 atom stereocenters. The minimum Gasteiger partial charge on any atom is -0.478 e. The molecule has 0 fully saturated rings. The Morgan fingerprint density at radius 2 is 1.94 bits per heavy atom. The second-order valence-corrected chi connectivity index (χ2v) is 8.03. The molecule has 9 heteroatoms. The van der Waals surface area contributed by atoms with Crippen LogP contribution in [0.4, 0.5) is 0 Å². The van der Waals surface area contributed by atoms with Gasteiger partial charge in [0.1, 0.15) is 0 Å². The van der Waals surface area contributed by atoms with Crippen molar-refractivity contribution in [2.75, 3.05) is 20.2 Å². The molecular weight excluding hydrogens is 414 g/mol. The molecule has 0 saturated heterocycles. The van der Waals surface area contributed by atoms with Gasteiger partial charge in [-0.25, -0.2) is 9.59 Å². The van der Waals surface area contributed by atoms with Crippen molar-refractivity contribution in [1.82, 2.24) is 15.2 Å². The number of aromatic nitrogens is 1. The number of carboxylic acid groups (broad SMARTS) is 2. The number of carbonyl (C=O) groups is 3. The second kappa shape index (κ2) is 9.80. The average molecular weight is 441 g/mol. The van der Waals surface area contributed by atoms with Crippen LogP contribution in [0.15, 0.2) is 42.6 Å². The molecule has 1 aliphatic heterocycles. The van der Waals surface area contributed by atoms with Crippen molar-refractivity contribution in [3.63, 3.8) is 0 Å². The van der Waals surface area contributed by atoms with Crippen LogP contribution in [0.2, 0.25) is 0 Å². The predicted molar refractivity (Wildman–Crippen MR) is 119 cm³/mol. The van der Waals surface area contributed by atoms with Gasteiger partial charge in [-0.1, -0.05) is 18.2 Å². The van der Waals surface area contributed by atoms with Gasteiger partial charge in [0.05, 0.1) is 12.5 Å². The van der Waals surface area contributed by atoms with Gasteiger partial charge in [-0.2, -0.15) is 0 Å². The molecule has 1 aliphatic carbocycles. The first kappa shape index (κ1) is 23.2. The van der Waals surface area contributed by atoms with Crippen LogP contribution in [0.3, 0.4) is 0 Å². The molecule has 4 rings (SSSR count). The van der Waals surface area contributed by atoms with Gasteiger partial charge in [0.2, 0.25) is 5.91 Å². The number of hydrogen-bond donors (Lipinski definition) is 5. The van der Waals surface area contributed by atoms with Crippen molar-refractivity contribution in [1.29, 1.82) is 0 Å². The first-order valence-corrected chi connectivity index (χ1v) is 10.3. The van der Waals surface area contributed by atoms with Crippen LogP contribution in [0.5, 0.6) is 0 Å². The fraction of sp³-hybridized carbons (Fsp3) is 0.348. The molecule has 0 bridgehead atoms. The van der Waals surface area contributed by atoms with E-state index in [-0.39, 0.29) is 24.5 Å². The number of aliphatic hydroxyl groups is 1. The molecule has 3 unspecified atom stereocenters. The lowest BCUT2D eigenvalue weighted by molar-refractivity contribution is -0.134. The standard InChI is InChI=1S/C19H23N3O2.C4H4O4/c1-11(10-23)21-19(24)13-6-15-14-4-3-5-16-18(14)12(8-20-16)7-17(15)22(2)9-13;5-3(6)1-2-4(7)8/h3-6,8,11,13,17,20,23H,7,9-10H2,1-2H3,(H,21,24);1-2H,(H,5,6)(H,7,8)/b;2-1-. The number of amides is 1. The molecular formula is C23H27N3O6. The van der Waals surface area contributed by atoms with Crippen LogP contribution in [0.25, 0.3) is 16.5 Å². The molecule has 2 heterocycles. The molecule has 32 heavy (non-hydrogen) atoms. The fourth-order valence-electron chi connectivity index (χ4n) is 4.15. The van der Waals surface area contributed by atoms with Gasteiger partial charge in [-0.3, -0.25) is 9.69 Å². The van der Waals surface area contributed by atoms with Crippen molar-refractivity contribution in [3.8, 4) is 0 Å². The second-order valence-electron chi connectivity index (χ2n) is 8.03. The van der Waals surface area contributed by atoms with Gasteiger partial charge in [-0.05, 0) is 43.2 Å². The monoisotopic (exact) mass is 441 g/mol. The molecule has 0 spiro atoms. The van der Waals surface area contributed by atoms with E-state index < -0.39 is 11.9 Å². The minimum absolute atomic E-state index is 0.0126. The molecule has 1 aromatic heterocycles. The van der Waals surface area contributed by atoms with Gasteiger partial charge in [0.25, 0.3) is 0 Å². The summed E-state index contributed by atoms with van der Waals surface area (Å²) in [6, 6.07) is 6.42. The summed E-state index contributed by atoms with van der Waals surface area (Å²) >= 11 is 0.